The van der Waals surface area contributed by atoms with Crippen LogP contribution in [0.1, 0.15) is 22.7 Å². The summed E-state index contributed by atoms with van der Waals surface area (Å²) in [7, 11) is 1.54. The summed E-state index contributed by atoms with van der Waals surface area (Å²) in [5, 5.41) is 0. The maximum Gasteiger partial charge on any atom is 0.416 e. The summed E-state index contributed by atoms with van der Waals surface area (Å²) in [6.45, 7) is 0. The van der Waals surface area contributed by atoms with Crippen molar-refractivity contribution in [3.05, 3.63) is 65.2 Å². The second-order valence-corrected chi connectivity index (χ2v) is 4.75. The fraction of sp³-hybridized carbons (Fsp3) is 0.250. The molecule has 0 aromatic heterocycles. The van der Waals surface area contributed by atoms with Gasteiger partial charge in [0, 0.05) is 11.6 Å². The highest BCUT2D eigenvalue weighted by atomic mass is 19.4. The Morgan fingerprint density at radius 1 is 1.10 bits per heavy atom. The summed E-state index contributed by atoms with van der Waals surface area (Å²) < 4.78 is 43.3. The van der Waals surface area contributed by atoms with Gasteiger partial charge in [0.1, 0.15) is 5.75 Å². The number of para-hydroxylation sites is 1. The molecule has 0 spiro atoms. The molecule has 112 valence electrons. The lowest BCUT2D eigenvalue weighted by molar-refractivity contribution is -0.137. The summed E-state index contributed by atoms with van der Waals surface area (Å²) in [6, 6.07) is 12.0. The average Bonchev–Trinajstić information content (AvgIpc) is 2.46. The van der Waals surface area contributed by atoms with Crippen LogP contribution in [0, 0.1) is 0 Å². The van der Waals surface area contributed by atoms with Gasteiger partial charge in [-0.05, 0) is 24.1 Å². The number of ether oxygens (including phenoxy) is 1. The van der Waals surface area contributed by atoms with Gasteiger partial charge >= 0.3 is 6.18 Å². The molecule has 0 aliphatic carbocycles. The summed E-state index contributed by atoms with van der Waals surface area (Å²) in [6.07, 6.45) is -4.03. The molecule has 0 bridgehead atoms. The highest BCUT2D eigenvalue weighted by molar-refractivity contribution is 5.37. The monoisotopic (exact) mass is 295 g/mol. The molecule has 2 nitrogen and oxygen atoms in total. The van der Waals surface area contributed by atoms with Gasteiger partial charge in [0.15, 0.2) is 0 Å². The van der Waals surface area contributed by atoms with Gasteiger partial charge in [-0.3, -0.25) is 0 Å². The van der Waals surface area contributed by atoms with Crippen LogP contribution in [-0.2, 0) is 12.6 Å². The molecule has 2 aromatic carbocycles. The molecule has 0 radical (unpaired) electrons. The van der Waals surface area contributed by atoms with Crippen LogP contribution in [0.5, 0.6) is 5.75 Å². The summed E-state index contributed by atoms with van der Waals surface area (Å²) in [4.78, 5) is 0. The first-order valence-electron chi connectivity index (χ1n) is 6.46. The molecule has 1 unspecified atom stereocenters. The zero-order valence-corrected chi connectivity index (χ0v) is 11.5. The first kappa shape index (κ1) is 15.4. The van der Waals surface area contributed by atoms with E-state index < -0.39 is 17.8 Å². The summed E-state index contributed by atoms with van der Waals surface area (Å²) in [5.74, 6) is 0.636. The normalized spacial score (nSPS) is 13.0. The molecular weight excluding hydrogens is 279 g/mol. The predicted octanol–water partition coefficient (Wildman–Crippen LogP) is 3.96. The topological polar surface area (TPSA) is 35.2 Å². The van der Waals surface area contributed by atoms with E-state index in [0.29, 0.717) is 17.7 Å². The van der Waals surface area contributed by atoms with E-state index in [1.807, 2.05) is 18.2 Å². The second kappa shape index (κ2) is 6.18. The SMILES string of the molecule is COc1ccccc1C(N)Cc1cccc(C(F)(F)F)c1. The van der Waals surface area contributed by atoms with Crippen molar-refractivity contribution in [2.24, 2.45) is 5.73 Å². The van der Waals surface area contributed by atoms with Crippen molar-refractivity contribution in [1.82, 2.24) is 0 Å². The van der Waals surface area contributed by atoms with Gasteiger partial charge in [0.05, 0.1) is 12.7 Å². The van der Waals surface area contributed by atoms with Gasteiger partial charge in [-0.15, -0.1) is 0 Å². The molecule has 1 atom stereocenters. The number of hydrogen-bond donors (Lipinski definition) is 1. The van der Waals surface area contributed by atoms with Gasteiger partial charge in [-0.25, -0.2) is 0 Å². The Hall–Kier alpha value is -2.01. The van der Waals surface area contributed by atoms with Crippen molar-refractivity contribution in [1.29, 1.82) is 0 Å². The van der Waals surface area contributed by atoms with Crippen molar-refractivity contribution >= 4 is 0 Å². The van der Waals surface area contributed by atoms with Crippen molar-refractivity contribution in [2.45, 2.75) is 18.6 Å². The van der Waals surface area contributed by atoms with E-state index in [-0.39, 0.29) is 0 Å². The van der Waals surface area contributed by atoms with Gasteiger partial charge in [0.25, 0.3) is 0 Å². The third kappa shape index (κ3) is 3.76. The number of nitrogens with two attached hydrogens (primary N) is 1. The Labute approximate surface area is 121 Å². The van der Waals surface area contributed by atoms with E-state index in [0.717, 1.165) is 17.7 Å². The molecule has 0 aliphatic heterocycles. The van der Waals surface area contributed by atoms with Crippen molar-refractivity contribution in [2.75, 3.05) is 7.11 Å². The van der Waals surface area contributed by atoms with Gasteiger partial charge in [-0.2, -0.15) is 13.2 Å². The largest absolute Gasteiger partial charge is 0.496 e. The first-order chi connectivity index (χ1) is 9.91. The van der Waals surface area contributed by atoms with E-state index in [4.69, 9.17) is 10.5 Å². The van der Waals surface area contributed by atoms with Gasteiger partial charge in [-0.1, -0.05) is 36.4 Å². The molecule has 5 heteroatoms. The minimum absolute atomic E-state index is 0.310. The maximum absolute atomic E-state index is 12.7. The molecule has 0 saturated carbocycles. The lowest BCUT2D eigenvalue weighted by atomic mass is 9.97. The van der Waals surface area contributed by atoms with E-state index in [2.05, 4.69) is 0 Å². The fourth-order valence-corrected chi connectivity index (χ4v) is 2.21. The van der Waals surface area contributed by atoms with E-state index in [9.17, 15) is 13.2 Å². The van der Waals surface area contributed by atoms with E-state index >= 15 is 0 Å². The quantitative estimate of drug-likeness (QED) is 0.926. The Balaban J connectivity index is 2.22. The Morgan fingerprint density at radius 3 is 2.48 bits per heavy atom. The molecule has 0 amide bonds. The number of hydrogen-bond acceptors (Lipinski definition) is 2. The number of rotatable bonds is 4. The minimum Gasteiger partial charge on any atom is -0.496 e. The highest BCUT2D eigenvalue weighted by Gasteiger charge is 2.30. The Kier molecular flexibility index (Phi) is 4.53. The number of alkyl halides is 3. The van der Waals surface area contributed by atoms with E-state index in [1.54, 1.807) is 12.1 Å². The first-order valence-corrected chi connectivity index (χ1v) is 6.46. The molecule has 2 aromatic rings. The number of halogens is 3. The maximum atomic E-state index is 12.7. The van der Waals surface area contributed by atoms with Crippen LogP contribution in [-0.4, -0.2) is 7.11 Å². The predicted molar refractivity (Wildman–Crippen MR) is 75.1 cm³/mol. The zero-order valence-electron chi connectivity index (χ0n) is 11.5. The third-order valence-electron chi connectivity index (χ3n) is 3.25. The molecule has 0 fully saturated rings. The molecule has 0 heterocycles. The molecular formula is C16H16F3NO. The van der Waals surface area contributed by atoms with Crippen molar-refractivity contribution in [3.8, 4) is 5.75 Å². The average molecular weight is 295 g/mol. The highest BCUT2D eigenvalue weighted by Crippen LogP contribution is 2.31. The Bertz CT molecular complexity index is 610. The second-order valence-electron chi connectivity index (χ2n) is 4.75. The smallest absolute Gasteiger partial charge is 0.416 e. The van der Waals surface area contributed by atoms with Gasteiger partial charge in [0.2, 0.25) is 0 Å². The number of methoxy groups -OCH3 is 1. The summed E-state index contributed by atoms with van der Waals surface area (Å²) in [5.41, 5.74) is 6.76. The molecule has 2 rings (SSSR count). The van der Waals surface area contributed by atoms with Crippen LogP contribution in [0.25, 0.3) is 0 Å². The van der Waals surface area contributed by atoms with Crippen molar-refractivity contribution in [3.63, 3.8) is 0 Å². The molecule has 0 saturated heterocycles. The van der Waals surface area contributed by atoms with Crippen LogP contribution in [0.15, 0.2) is 48.5 Å². The molecule has 0 aliphatic rings. The standard InChI is InChI=1S/C16H16F3NO/c1-21-15-8-3-2-7-13(15)14(20)10-11-5-4-6-12(9-11)16(17,18)19/h2-9,14H,10,20H2,1H3. The number of benzene rings is 2. The summed E-state index contributed by atoms with van der Waals surface area (Å²) >= 11 is 0. The molecule has 2 N–H and O–H groups in total. The van der Waals surface area contributed by atoms with Crippen LogP contribution < -0.4 is 10.5 Å². The van der Waals surface area contributed by atoms with Crippen LogP contribution in [0.3, 0.4) is 0 Å². The van der Waals surface area contributed by atoms with Crippen LogP contribution in [0.4, 0.5) is 13.2 Å². The van der Waals surface area contributed by atoms with E-state index in [1.165, 1.54) is 13.2 Å². The van der Waals surface area contributed by atoms with Crippen LogP contribution in [0.2, 0.25) is 0 Å². The molecule has 21 heavy (non-hydrogen) atoms. The Morgan fingerprint density at radius 2 is 1.81 bits per heavy atom. The van der Waals surface area contributed by atoms with Gasteiger partial charge < -0.3 is 10.5 Å². The third-order valence-corrected chi connectivity index (χ3v) is 3.25. The lowest BCUT2D eigenvalue weighted by Crippen LogP contribution is -2.15. The lowest BCUT2D eigenvalue weighted by Gasteiger charge is -2.16. The minimum atomic E-state index is -4.34. The van der Waals surface area contributed by atoms with Crippen molar-refractivity contribution < 1.29 is 17.9 Å². The fourth-order valence-electron chi connectivity index (χ4n) is 2.21. The van der Waals surface area contributed by atoms with Crippen LogP contribution >= 0.6 is 0 Å². The zero-order chi connectivity index (χ0) is 15.5.